The van der Waals surface area contributed by atoms with E-state index < -0.39 is 34.1 Å². The quantitative estimate of drug-likeness (QED) is 0.467. The molecular weight excluding hydrogens is 524 g/mol. The molecule has 1 aromatic heterocycles. The second kappa shape index (κ2) is 10.8. The lowest BCUT2D eigenvalue weighted by molar-refractivity contribution is -0.119. The highest BCUT2D eigenvalue weighted by atomic mass is 35.5. The molecule has 2 amide bonds. The second-order valence-electron chi connectivity index (χ2n) is 9.85. The van der Waals surface area contributed by atoms with Crippen LogP contribution in [0.4, 0.5) is 5.69 Å². The number of amides is 2. The summed E-state index contributed by atoms with van der Waals surface area (Å²) >= 11 is 6.20. The molecule has 1 saturated carbocycles. The Kier molecular flexibility index (Phi) is 7.52. The van der Waals surface area contributed by atoms with Gasteiger partial charge in [-0.3, -0.25) is 14.6 Å². The molecule has 38 heavy (non-hydrogen) atoms. The van der Waals surface area contributed by atoms with E-state index in [9.17, 15) is 18.0 Å². The zero-order valence-electron chi connectivity index (χ0n) is 20.9. The first-order valence-electron chi connectivity index (χ1n) is 12.6. The minimum atomic E-state index is -3.52. The van der Waals surface area contributed by atoms with Crippen molar-refractivity contribution in [3.63, 3.8) is 0 Å². The number of anilines is 1. The van der Waals surface area contributed by atoms with Crippen LogP contribution < -0.4 is 10.0 Å². The standard InChI is InChI=1S/C28H29ClN4O4S/c1-38(36,37)32-23-10-4-5-11-24(23)33-26(18-12-14-19(29)15-13-18)25(21-8-2-3-9-22(21)28(33)35)27(34)31-20-7-6-16-30-17-20/h2-3,6-9,12-17,23-26,32H,4-5,10-11H2,1H3,(H,31,34)/t23-,24-,25+,26-/m0/s1. The van der Waals surface area contributed by atoms with Gasteiger partial charge in [-0.15, -0.1) is 0 Å². The fourth-order valence-electron chi connectivity index (χ4n) is 5.73. The molecule has 0 saturated heterocycles. The molecule has 0 radical (unpaired) electrons. The monoisotopic (exact) mass is 552 g/mol. The number of aromatic nitrogens is 1. The molecule has 1 fully saturated rings. The second-order valence-corrected chi connectivity index (χ2v) is 12.1. The van der Waals surface area contributed by atoms with Crippen molar-refractivity contribution in [2.24, 2.45) is 0 Å². The fourth-order valence-corrected chi connectivity index (χ4v) is 6.68. The maximum Gasteiger partial charge on any atom is 0.255 e. The van der Waals surface area contributed by atoms with Gasteiger partial charge >= 0.3 is 0 Å². The fraction of sp³-hybridized carbons (Fsp3) is 0.321. The first-order chi connectivity index (χ1) is 18.2. The summed E-state index contributed by atoms with van der Waals surface area (Å²) < 4.78 is 27.3. The van der Waals surface area contributed by atoms with E-state index in [1.807, 2.05) is 24.3 Å². The Morgan fingerprint density at radius 2 is 1.76 bits per heavy atom. The number of carbonyl (C=O) groups is 2. The van der Waals surface area contributed by atoms with E-state index in [2.05, 4.69) is 15.0 Å². The molecule has 5 rings (SSSR count). The van der Waals surface area contributed by atoms with E-state index in [4.69, 9.17) is 11.6 Å². The van der Waals surface area contributed by atoms with Crippen molar-refractivity contribution in [3.8, 4) is 0 Å². The van der Waals surface area contributed by atoms with Crippen LogP contribution in [0.5, 0.6) is 0 Å². The summed E-state index contributed by atoms with van der Waals surface area (Å²) in [7, 11) is -3.52. The van der Waals surface area contributed by atoms with Crippen molar-refractivity contribution < 1.29 is 18.0 Å². The molecule has 1 aliphatic carbocycles. The average molecular weight is 553 g/mol. The van der Waals surface area contributed by atoms with Gasteiger partial charge in [0.05, 0.1) is 30.1 Å². The first kappa shape index (κ1) is 26.3. The number of nitrogens with one attached hydrogen (secondary N) is 2. The van der Waals surface area contributed by atoms with Crippen LogP contribution in [0.3, 0.4) is 0 Å². The number of hydrogen-bond acceptors (Lipinski definition) is 5. The van der Waals surface area contributed by atoms with Gasteiger partial charge in [0.2, 0.25) is 15.9 Å². The number of carbonyl (C=O) groups excluding carboxylic acids is 2. The zero-order valence-corrected chi connectivity index (χ0v) is 22.5. The summed E-state index contributed by atoms with van der Waals surface area (Å²) in [5.74, 6) is -1.27. The predicted molar refractivity (Wildman–Crippen MR) is 146 cm³/mol. The SMILES string of the molecule is CS(=O)(=O)N[C@H]1CCCC[C@@H]1N1C(=O)c2ccccc2[C@@H](C(=O)Nc2cccnc2)[C@@H]1c1ccc(Cl)cc1. The van der Waals surface area contributed by atoms with Gasteiger partial charge in [-0.25, -0.2) is 13.1 Å². The Balaban J connectivity index is 1.67. The van der Waals surface area contributed by atoms with Crippen LogP contribution in [0.1, 0.15) is 59.1 Å². The molecule has 0 spiro atoms. The molecule has 4 atom stereocenters. The van der Waals surface area contributed by atoms with E-state index in [-0.39, 0.29) is 11.8 Å². The highest BCUT2D eigenvalue weighted by molar-refractivity contribution is 7.88. The minimum absolute atomic E-state index is 0.224. The summed E-state index contributed by atoms with van der Waals surface area (Å²) in [6.45, 7) is 0. The summed E-state index contributed by atoms with van der Waals surface area (Å²) in [5.41, 5.74) is 2.35. The van der Waals surface area contributed by atoms with Crippen LogP contribution in [0.2, 0.25) is 5.02 Å². The molecule has 0 bridgehead atoms. The van der Waals surface area contributed by atoms with Gasteiger partial charge in [-0.1, -0.05) is 54.8 Å². The molecule has 2 aliphatic rings. The van der Waals surface area contributed by atoms with Crippen molar-refractivity contribution in [1.82, 2.24) is 14.6 Å². The highest BCUT2D eigenvalue weighted by Crippen LogP contribution is 2.46. The summed E-state index contributed by atoms with van der Waals surface area (Å²) in [6, 6.07) is 16.2. The third kappa shape index (κ3) is 5.45. The number of rotatable bonds is 6. The molecule has 2 heterocycles. The van der Waals surface area contributed by atoms with Gasteiger partial charge in [0.1, 0.15) is 0 Å². The van der Waals surface area contributed by atoms with E-state index in [1.54, 1.807) is 53.7 Å². The van der Waals surface area contributed by atoms with Crippen LogP contribution in [-0.4, -0.2) is 48.5 Å². The van der Waals surface area contributed by atoms with Crippen LogP contribution >= 0.6 is 11.6 Å². The third-order valence-electron chi connectivity index (χ3n) is 7.25. The maximum absolute atomic E-state index is 14.2. The zero-order chi connectivity index (χ0) is 26.9. The highest BCUT2D eigenvalue weighted by Gasteiger charge is 2.48. The number of fused-ring (bicyclic) bond motifs is 1. The molecule has 3 aromatic rings. The lowest BCUT2D eigenvalue weighted by Gasteiger charge is -2.49. The van der Waals surface area contributed by atoms with Gasteiger partial charge < -0.3 is 10.2 Å². The molecule has 8 nitrogen and oxygen atoms in total. The summed E-state index contributed by atoms with van der Waals surface area (Å²) in [6.07, 6.45) is 7.23. The van der Waals surface area contributed by atoms with Gasteiger partial charge in [0.25, 0.3) is 5.91 Å². The number of benzene rings is 2. The lowest BCUT2D eigenvalue weighted by Crippen LogP contribution is -2.58. The van der Waals surface area contributed by atoms with Gasteiger partial charge in [-0.2, -0.15) is 0 Å². The maximum atomic E-state index is 14.2. The van der Waals surface area contributed by atoms with Crippen molar-refractivity contribution in [2.75, 3.05) is 11.6 Å². The van der Waals surface area contributed by atoms with Crippen LogP contribution in [0.25, 0.3) is 0 Å². The Morgan fingerprint density at radius 3 is 2.47 bits per heavy atom. The third-order valence-corrected chi connectivity index (χ3v) is 8.23. The number of halogens is 1. The van der Waals surface area contributed by atoms with Crippen LogP contribution in [0.15, 0.2) is 73.1 Å². The van der Waals surface area contributed by atoms with E-state index in [1.165, 1.54) is 0 Å². The molecule has 198 valence electrons. The Morgan fingerprint density at radius 1 is 1.03 bits per heavy atom. The minimum Gasteiger partial charge on any atom is -0.326 e. The predicted octanol–water partition coefficient (Wildman–Crippen LogP) is 4.51. The van der Waals surface area contributed by atoms with E-state index in [0.29, 0.717) is 34.7 Å². The van der Waals surface area contributed by atoms with E-state index in [0.717, 1.165) is 24.7 Å². The molecule has 0 unspecified atom stereocenters. The Labute approximate surface area is 227 Å². The molecule has 10 heteroatoms. The number of pyridine rings is 1. The Bertz CT molecular complexity index is 1430. The number of sulfonamides is 1. The number of nitrogens with zero attached hydrogens (tertiary/aromatic N) is 2. The largest absolute Gasteiger partial charge is 0.326 e. The molecule has 1 aliphatic heterocycles. The molecule has 2 aromatic carbocycles. The van der Waals surface area contributed by atoms with Gasteiger partial charge in [0, 0.05) is 28.9 Å². The van der Waals surface area contributed by atoms with Crippen molar-refractivity contribution in [3.05, 3.63) is 94.8 Å². The number of hydrogen-bond donors (Lipinski definition) is 2. The van der Waals surface area contributed by atoms with Crippen LogP contribution in [-0.2, 0) is 14.8 Å². The topological polar surface area (TPSA) is 108 Å². The van der Waals surface area contributed by atoms with Crippen molar-refractivity contribution >= 4 is 39.1 Å². The van der Waals surface area contributed by atoms with E-state index >= 15 is 0 Å². The lowest BCUT2D eigenvalue weighted by atomic mass is 9.76. The van der Waals surface area contributed by atoms with Crippen molar-refractivity contribution in [1.29, 1.82) is 0 Å². The average Bonchev–Trinajstić information content (AvgIpc) is 2.89. The molecular formula is C28H29ClN4O4S. The van der Waals surface area contributed by atoms with Crippen LogP contribution in [0, 0.1) is 0 Å². The van der Waals surface area contributed by atoms with Gasteiger partial charge in [0.15, 0.2) is 0 Å². The molecule has 2 N–H and O–H groups in total. The van der Waals surface area contributed by atoms with Crippen molar-refractivity contribution in [2.45, 2.75) is 49.7 Å². The summed E-state index contributed by atoms with van der Waals surface area (Å²) in [4.78, 5) is 34.0. The Hall–Kier alpha value is -3.27. The first-order valence-corrected chi connectivity index (χ1v) is 14.8. The smallest absolute Gasteiger partial charge is 0.255 e. The normalized spacial score (nSPS) is 23.5. The summed E-state index contributed by atoms with van der Waals surface area (Å²) in [5, 5.41) is 3.51. The van der Waals surface area contributed by atoms with Gasteiger partial charge in [-0.05, 0) is 54.3 Å².